The van der Waals surface area contributed by atoms with Gasteiger partial charge in [-0.2, -0.15) is 0 Å². The highest BCUT2D eigenvalue weighted by Gasteiger charge is 2.20. The van der Waals surface area contributed by atoms with Crippen LogP contribution in [-0.4, -0.2) is 30.6 Å². The molecule has 1 aromatic rings. The minimum atomic E-state index is -0.732. The van der Waals surface area contributed by atoms with Gasteiger partial charge < -0.3 is 20.5 Å². The summed E-state index contributed by atoms with van der Waals surface area (Å²) in [7, 11) is 0. The summed E-state index contributed by atoms with van der Waals surface area (Å²) >= 11 is 0. The molecule has 21 heavy (non-hydrogen) atoms. The fourth-order valence-electron chi connectivity index (χ4n) is 1.66. The molecule has 0 saturated heterocycles. The molecule has 6 heteroatoms. The second-order valence-corrected chi connectivity index (χ2v) is 4.90. The quantitative estimate of drug-likeness (QED) is 0.616. The van der Waals surface area contributed by atoms with E-state index in [2.05, 4.69) is 5.32 Å². The van der Waals surface area contributed by atoms with E-state index in [-0.39, 0.29) is 29.9 Å². The van der Waals surface area contributed by atoms with E-state index < -0.39 is 12.1 Å². The van der Waals surface area contributed by atoms with Crippen LogP contribution in [0, 0.1) is 0 Å². The van der Waals surface area contributed by atoms with Crippen molar-refractivity contribution in [1.82, 2.24) is 5.32 Å². The van der Waals surface area contributed by atoms with Gasteiger partial charge in [-0.05, 0) is 45.9 Å². The van der Waals surface area contributed by atoms with Crippen LogP contribution in [0.4, 0.5) is 5.69 Å². The number of nitrogens with one attached hydrogen (secondary N) is 1. The lowest BCUT2D eigenvalue weighted by Gasteiger charge is -2.18. The average Bonchev–Trinajstić information content (AvgIpc) is 2.40. The van der Waals surface area contributed by atoms with Crippen molar-refractivity contribution in [3.05, 3.63) is 23.8 Å². The van der Waals surface area contributed by atoms with Crippen LogP contribution < -0.4 is 15.8 Å². The number of benzene rings is 1. The van der Waals surface area contributed by atoms with Gasteiger partial charge in [-0.25, -0.2) is 4.79 Å². The zero-order valence-corrected chi connectivity index (χ0v) is 12.8. The topological polar surface area (TPSA) is 90.7 Å². The summed E-state index contributed by atoms with van der Waals surface area (Å²) in [6.45, 7) is 7.29. The maximum absolute atomic E-state index is 11.9. The van der Waals surface area contributed by atoms with Crippen LogP contribution in [0.1, 0.15) is 38.1 Å². The normalized spacial score (nSPS) is 11.9. The van der Waals surface area contributed by atoms with Crippen molar-refractivity contribution >= 4 is 17.6 Å². The fourth-order valence-corrected chi connectivity index (χ4v) is 1.66. The summed E-state index contributed by atoms with van der Waals surface area (Å²) in [5.74, 6) is -0.512. The standard InChI is InChI=1S/C15H22N2O4/c1-5-20-15(19)12-8-11(16)6-7-13(12)21-10(4)14(18)17-9(2)3/h6-10H,5,16H2,1-4H3,(H,17,18). The number of esters is 1. The predicted molar refractivity (Wildman–Crippen MR) is 80.2 cm³/mol. The van der Waals surface area contributed by atoms with Crippen molar-refractivity contribution in [2.45, 2.75) is 39.8 Å². The van der Waals surface area contributed by atoms with E-state index in [4.69, 9.17) is 15.2 Å². The second-order valence-electron chi connectivity index (χ2n) is 4.90. The second kappa shape index (κ2) is 7.52. The van der Waals surface area contributed by atoms with Gasteiger partial charge in [0.25, 0.3) is 5.91 Å². The van der Waals surface area contributed by atoms with Crippen molar-refractivity contribution in [2.75, 3.05) is 12.3 Å². The number of rotatable bonds is 6. The van der Waals surface area contributed by atoms with E-state index in [0.717, 1.165) is 0 Å². The SMILES string of the molecule is CCOC(=O)c1cc(N)ccc1OC(C)C(=O)NC(C)C. The van der Waals surface area contributed by atoms with Gasteiger partial charge in [0.2, 0.25) is 0 Å². The number of nitrogens with two attached hydrogens (primary N) is 1. The predicted octanol–water partition coefficient (Wildman–Crippen LogP) is 1.74. The Labute approximate surface area is 124 Å². The number of carbonyl (C=O) groups excluding carboxylic acids is 2. The molecule has 0 aliphatic heterocycles. The first-order valence-electron chi connectivity index (χ1n) is 6.88. The van der Waals surface area contributed by atoms with Crippen LogP contribution in [0.3, 0.4) is 0 Å². The first-order valence-corrected chi connectivity index (χ1v) is 6.88. The average molecular weight is 294 g/mol. The van der Waals surface area contributed by atoms with Crippen LogP contribution in [0.25, 0.3) is 0 Å². The molecule has 1 aromatic carbocycles. The first-order chi connectivity index (χ1) is 9.85. The highest BCUT2D eigenvalue weighted by molar-refractivity contribution is 5.93. The van der Waals surface area contributed by atoms with Crippen molar-refractivity contribution in [3.8, 4) is 5.75 Å². The van der Waals surface area contributed by atoms with Crippen molar-refractivity contribution in [2.24, 2.45) is 0 Å². The number of hydrogen-bond acceptors (Lipinski definition) is 5. The molecule has 0 bridgehead atoms. The van der Waals surface area contributed by atoms with Crippen LogP contribution in [0.15, 0.2) is 18.2 Å². The Kier molecular flexibility index (Phi) is 6.02. The molecular weight excluding hydrogens is 272 g/mol. The third-order valence-electron chi connectivity index (χ3n) is 2.60. The number of anilines is 1. The molecular formula is C15H22N2O4. The molecule has 6 nitrogen and oxygen atoms in total. The number of ether oxygens (including phenoxy) is 2. The van der Waals surface area contributed by atoms with Gasteiger partial charge in [0.1, 0.15) is 11.3 Å². The lowest BCUT2D eigenvalue weighted by Crippen LogP contribution is -2.40. The molecule has 116 valence electrons. The Morgan fingerprint density at radius 1 is 1.29 bits per heavy atom. The van der Waals surface area contributed by atoms with E-state index in [1.54, 1.807) is 26.0 Å². The van der Waals surface area contributed by atoms with Gasteiger partial charge in [0.05, 0.1) is 6.61 Å². The summed E-state index contributed by atoms with van der Waals surface area (Å²) in [5.41, 5.74) is 6.31. The zero-order valence-electron chi connectivity index (χ0n) is 12.8. The van der Waals surface area contributed by atoms with Crippen molar-refractivity contribution in [1.29, 1.82) is 0 Å². The summed E-state index contributed by atoms with van der Waals surface area (Å²) in [4.78, 5) is 23.7. The Morgan fingerprint density at radius 2 is 1.95 bits per heavy atom. The maximum Gasteiger partial charge on any atom is 0.341 e. The largest absolute Gasteiger partial charge is 0.480 e. The van der Waals surface area contributed by atoms with E-state index in [0.29, 0.717) is 5.69 Å². The molecule has 0 aromatic heterocycles. The van der Waals surface area contributed by atoms with Gasteiger partial charge in [0, 0.05) is 11.7 Å². The number of nitrogen functional groups attached to an aromatic ring is 1. The van der Waals surface area contributed by atoms with Crippen LogP contribution in [-0.2, 0) is 9.53 Å². The van der Waals surface area contributed by atoms with Gasteiger partial charge >= 0.3 is 5.97 Å². The summed E-state index contributed by atoms with van der Waals surface area (Å²) in [6, 6.07) is 4.64. The van der Waals surface area contributed by atoms with Crippen LogP contribution in [0.2, 0.25) is 0 Å². The molecule has 3 N–H and O–H groups in total. The monoisotopic (exact) mass is 294 g/mol. The number of hydrogen-bond donors (Lipinski definition) is 2. The molecule has 0 radical (unpaired) electrons. The molecule has 1 unspecified atom stereocenters. The molecule has 0 aliphatic carbocycles. The Bertz CT molecular complexity index is 514. The van der Waals surface area contributed by atoms with Gasteiger partial charge in [-0.15, -0.1) is 0 Å². The Balaban J connectivity index is 2.92. The molecule has 1 amide bonds. The zero-order chi connectivity index (χ0) is 16.0. The van der Waals surface area contributed by atoms with E-state index in [1.807, 2.05) is 13.8 Å². The van der Waals surface area contributed by atoms with Gasteiger partial charge in [-0.3, -0.25) is 4.79 Å². The molecule has 0 aliphatic rings. The minimum absolute atomic E-state index is 0.0134. The van der Waals surface area contributed by atoms with Gasteiger partial charge in [0.15, 0.2) is 6.10 Å². The molecule has 0 spiro atoms. The third-order valence-corrected chi connectivity index (χ3v) is 2.60. The lowest BCUT2D eigenvalue weighted by atomic mass is 10.1. The Hall–Kier alpha value is -2.24. The minimum Gasteiger partial charge on any atom is -0.480 e. The summed E-state index contributed by atoms with van der Waals surface area (Å²) in [6.07, 6.45) is -0.732. The molecule has 0 fully saturated rings. The Morgan fingerprint density at radius 3 is 2.52 bits per heavy atom. The van der Waals surface area contributed by atoms with Crippen LogP contribution >= 0.6 is 0 Å². The fraction of sp³-hybridized carbons (Fsp3) is 0.467. The van der Waals surface area contributed by atoms with Crippen molar-refractivity contribution in [3.63, 3.8) is 0 Å². The summed E-state index contributed by atoms with van der Waals surface area (Å²) < 4.78 is 10.5. The third kappa shape index (κ3) is 4.98. The molecule has 1 atom stereocenters. The highest BCUT2D eigenvalue weighted by atomic mass is 16.5. The molecule has 1 rings (SSSR count). The number of carbonyl (C=O) groups is 2. The lowest BCUT2D eigenvalue weighted by molar-refractivity contribution is -0.127. The van der Waals surface area contributed by atoms with E-state index >= 15 is 0 Å². The van der Waals surface area contributed by atoms with Gasteiger partial charge in [-0.1, -0.05) is 0 Å². The van der Waals surface area contributed by atoms with E-state index in [1.165, 1.54) is 6.07 Å². The van der Waals surface area contributed by atoms with Crippen molar-refractivity contribution < 1.29 is 19.1 Å². The van der Waals surface area contributed by atoms with Crippen LogP contribution in [0.5, 0.6) is 5.75 Å². The molecule has 0 saturated carbocycles. The number of amides is 1. The highest BCUT2D eigenvalue weighted by Crippen LogP contribution is 2.23. The van der Waals surface area contributed by atoms with E-state index in [9.17, 15) is 9.59 Å². The molecule has 0 heterocycles. The summed E-state index contributed by atoms with van der Waals surface area (Å²) in [5, 5.41) is 2.74. The first kappa shape index (κ1) is 16.8. The smallest absolute Gasteiger partial charge is 0.341 e. The maximum atomic E-state index is 11.9.